The van der Waals surface area contributed by atoms with Crippen molar-refractivity contribution in [2.24, 2.45) is 7.05 Å². The predicted octanol–water partition coefficient (Wildman–Crippen LogP) is 12.0. The van der Waals surface area contributed by atoms with Gasteiger partial charge in [0.2, 0.25) is 0 Å². The second-order valence-electron chi connectivity index (χ2n) is 15.4. The molecule has 0 fully saturated rings. The van der Waals surface area contributed by atoms with Crippen LogP contribution in [-0.2, 0) is 58.2 Å². The van der Waals surface area contributed by atoms with E-state index in [1.165, 1.54) is 90.4 Å². The van der Waals surface area contributed by atoms with E-state index in [1.807, 2.05) is 42.5 Å². The van der Waals surface area contributed by atoms with Crippen LogP contribution in [0.15, 0.2) is 206 Å². The number of rotatable bonds is 9. The van der Waals surface area contributed by atoms with Gasteiger partial charge in [-0.3, -0.25) is 11.8 Å². The van der Waals surface area contributed by atoms with Gasteiger partial charge in [0.1, 0.15) is 0 Å². The van der Waals surface area contributed by atoms with Crippen LogP contribution in [0.25, 0.3) is 32.9 Å². The average Bonchev–Trinajstić information content (AvgIpc) is 3.85. The van der Waals surface area contributed by atoms with Crippen molar-refractivity contribution in [3.05, 3.63) is 241 Å². The first-order chi connectivity index (χ1) is 30.1. The molecule has 0 radical (unpaired) electrons. The maximum Gasteiger partial charge on any atom is 1.00 e. The normalized spacial score (nSPS) is 10.8. The van der Waals surface area contributed by atoms with Crippen LogP contribution >= 0.6 is 15.8 Å². The summed E-state index contributed by atoms with van der Waals surface area (Å²) >= 11 is 0. The number of fused-ring (bicyclic) bond motifs is 6. The van der Waals surface area contributed by atoms with Crippen molar-refractivity contribution in [3.63, 3.8) is 0 Å². The summed E-state index contributed by atoms with van der Waals surface area (Å²) in [7, 11) is 0.639. The van der Waals surface area contributed by atoms with Crippen LogP contribution in [0.2, 0.25) is 0 Å². The third kappa shape index (κ3) is 11.6. The molecule has 1 aliphatic rings. The van der Waals surface area contributed by atoms with Gasteiger partial charge in [0.25, 0.3) is 0 Å². The number of hydrogen-bond donors (Lipinski definition) is 0. The Morgan fingerprint density at radius 1 is 0.429 bits per heavy atom. The number of nitrogens with zero attached hydrogens (tertiary/aromatic N) is 1. The van der Waals surface area contributed by atoms with E-state index in [4.69, 9.17) is 12.8 Å². The molecule has 0 aliphatic heterocycles. The third-order valence-electron chi connectivity index (χ3n) is 11.6. The fraction of sp³-hybridized carbons (Fsp3) is 0.103. The minimum Gasteiger partial charge on any atom is -0.366 e. The molecule has 0 amide bonds. The summed E-state index contributed by atoms with van der Waals surface area (Å²) in [6, 6.07) is 73.5. The smallest absolute Gasteiger partial charge is 0.366 e. The Kier molecular flexibility index (Phi) is 17.8. The Hall–Kier alpha value is -4.98. The zero-order chi connectivity index (χ0) is 41.8. The fourth-order valence-electron chi connectivity index (χ4n) is 8.52. The van der Waals surface area contributed by atoms with Crippen molar-refractivity contribution in [2.75, 3.05) is 12.3 Å². The Morgan fingerprint density at radius 2 is 0.841 bits per heavy atom. The number of benzene rings is 8. The van der Waals surface area contributed by atoms with Crippen LogP contribution in [-0.4, -0.2) is 16.9 Å². The molecule has 0 saturated carbocycles. The van der Waals surface area contributed by atoms with Crippen molar-refractivity contribution >= 4 is 58.9 Å². The van der Waals surface area contributed by atoms with Crippen LogP contribution in [0, 0.1) is 24.7 Å². The molecule has 8 aromatic carbocycles. The van der Waals surface area contributed by atoms with Gasteiger partial charge in [-0.25, -0.2) is 0 Å². The number of unbranched alkanes of at least 4 members (excludes halogenated alkanes) is 1. The number of aromatic nitrogens is 1. The van der Waals surface area contributed by atoms with Crippen molar-refractivity contribution in [1.29, 1.82) is 0 Å². The molecule has 0 spiro atoms. The molecule has 9 aromatic rings. The van der Waals surface area contributed by atoms with Crippen molar-refractivity contribution in [3.8, 4) is 23.0 Å². The molecule has 0 bridgehead atoms. The molecule has 1 heterocycles. The van der Waals surface area contributed by atoms with Crippen LogP contribution in [0.1, 0.15) is 35.1 Å². The molecular weight excluding hydrogens is 1170 g/mol. The molecular formula is C58H49Au2NP2+2. The molecule has 1 aliphatic carbocycles. The largest absolute Gasteiger partial charge is 1.00 e. The summed E-state index contributed by atoms with van der Waals surface area (Å²) in [6.45, 7) is 0. The Bertz CT molecular complexity index is 2770. The summed E-state index contributed by atoms with van der Waals surface area (Å²) in [4.78, 5) is 0. The van der Waals surface area contributed by atoms with E-state index in [-0.39, 0.29) is 44.8 Å². The van der Waals surface area contributed by atoms with Crippen LogP contribution in [0.4, 0.5) is 0 Å². The maximum absolute atomic E-state index is 7.18. The molecule has 1 nitrogen and oxygen atoms in total. The molecule has 5 heteroatoms. The third-order valence-corrected chi connectivity index (χ3v) is 17.4. The van der Waals surface area contributed by atoms with Crippen molar-refractivity contribution in [1.82, 2.24) is 4.57 Å². The summed E-state index contributed by atoms with van der Waals surface area (Å²) in [5, 5.41) is 8.55. The maximum atomic E-state index is 7.18. The van der Waals surface area contributed by atoms with Crippen LogP contribution in [0.5, 0.6) is 0 Å². The zero-order valence-corrected chi connectivity index (χ0v) is 41.5. The van der Waals surface area contributed by atoms with Gasteiger partial charge in [-0.2, -0.15) is 0 Å². The van der Waals surface area contributed by atoms with Gasteiger partial charge in [-0.1, -0.05) is 127 Å². The van der Waals surface area contributed by atoms with Crippen LogP contribution < -0.4 is 21.2 Å². The van der Waals surface area contributed by atoms with E-state index in [0.717, 1.165) is 17.5 Å². The molecule has 1 aromatic heterocycles. The topological polar surface area (TPSA) is 4.93 Å². The summed E-state index contributed by atoms with van der Waals surface area (Å²) < 4.78 is 2.18. The summed E-state index contributed by atoms with van der Waals surface area (Å²) in [5.74, 6) is 4.87. The summed E-state index contributed by atoms with van der Waals surface area (Å²) in [5.41, 5.74) is 9.41. The van der Waals surface area contributed by atoms with Crippen molar-refractivity contribution in [2.45, 2.75) is 19.3 Å². The quantitative estimate of drug-likeness (QED) is 0.0446. The molecule has 0 saturated heterocycles. The van der Waals surface area contributed by atoms with E-state index in [1.54, 1.807) is 0 Å². The SMILES string of the molecule is [Au+].[Au+].[C-]#Cc1ccc2c(c1)-c1ccccc1C2.[C-]#Cc1ccc2c(c1)c1ccccc1n2C.c1ccc([PH+](CCCC[PH+](c2ccccc2)c2ccccc2)c2ccccc2)cc1. The molecule has 10 rings (SSSR count). The minimum absolute atomic E-state index is 0. The van der Waals surface area contributed by atoms with E-state index in [0.29, 0.717) is 0 Å². The second kappa shape index (κ2) is 23.6. The van der Waals surface area contributed by atoms with E-state index in [2.05, 4.69) is 187 Å². The monoisotopic (exact) mass is 1220 g/mol. The first kappa shape index (κ1) is 47.5. The fourth-order valence-corrected chi connectivity index (χ4v) is 13.9. The molecule has 63 heavy (non-hydrogen) atoms. The van der Waals surface area contributed by atoms with E-state index < -0.39 is 15.8 Å². The molecule has 316 valence electrons. The zero-order valence-electron chi connectivity index (χ0n) is 35.2. The van der Waals surface area contributed by atoms with Crippen molar-refractivity contribution < 1.29 is 44.8 Å². The molecule has 0 N–H and O–H groups in total. The summed E-state index contributed by atoms with van der Waals surface area (Å²) in [6.07, 6.45) is 20.5. The Morgan fingerprint density at radius 3 is 1.37 bits per heavy atom. The average molecular weight is 1220 g/mol. The molecule has 0 atom stereocenters. The van der Waals surface area contributed by atoms with E-state index >= 15 is 0 Å². The number of para-hydroxylation sites is 1. The first-order valence-corrected chi connectivity index (χ1v) is 24.5. The Balaban J connectivity index is 0.000000169. The molecule has 0 unspecified atom stereocenters. The van der Waals surface area contributed by atoms with Gasteiger partial charge in [0.05, 0.1) is 49.4 Å². The minimum atomic E-state index is -0.714. The second-order valence-corrected chi connectivity index (χ2v) is 20.6. The Labute approximate surface area is 407 Å². The number of aryl methyl sites for hydroxylation is 1. The van der Waals surface area contributed by atoms with Gasteiger partial charge in [-0.15, -0.1) is 35.4 Å². The van der Waals surface area contributed by atoms with Gasteiger partial charge in [0.15, 0.2) is 0 Å². The van der Waals surface area contributed by atoms with Gasteiger partial charge >= 0.3 is 44.8 Å². The van der Waals surface area contributed by atoms with Gasteiger partial charge in [-0.05, 0) is 101 Å². The standard InChI is InChI=1S/C28H28P2.C15H10N.C15H9.2Au/c1-5-15-25(16-6-1)29(26-17-7-2-8-18-26)23-13-14-24-30(27-19-9-3-10-20-27)28-21-11-4-12-22-28;1-3-11-8-9-15-13(10-11)12-6-4-5-7-14(12)16(15)2;1-2-11-7-8-13-10-12-5-3-4-6-14(12)15(13)9-11;;/h1-12,15-22H,13-14,23-24H2;4-10H,2H3;3-9H,10H2;;/q;2*-1;2*+1/p+2. The predicted molar refractivity (Wildman–Crippen MR) is 267 cm³/mol. The van der Waals surface area contributed by atoms with Gasteiger partial charge in [0, 0.05) is 23.5 Å². The van der Waals surface area contributed by atoms with Crippen LogP contribution in [0.3, 0.4) is 0 Å². The van der Waals surface area contributed by atoms with E-state index in [9.17, 15) is 0 Å². The first-order valence-electron chi connectivity index (χ1n) is 21.1. The van der Waals surface area contributed by atoms with Gasteiger partial charge < -0.3 is 17.4 Å². The number of hydrogen-bond acceptors (Lipinski definition) is 0.